The van der Waals surface area contributed by atoms with Crippen molar-refractivity contribution in [2.45, 2.75) is 33.1 Å². The van der Waals surface area contributed by atoms with Gasteiger partial charge in [-0.1, -0.05) is 30.9 Å². The third kappa shape index (κ3) is 1.59. The smallest absolute Gasteiger partial charge is 0.127 e. The van der Waals surface area contributed by atoms with Crippen LogP contribution in [0.4, 0.5) is 0 Å². The molecule has 2 atom stereocenters. The second kappa shape index (κ2) is 3.77. The molecule has 2 unspecified atom stereocenters. The maximum Gasteiger partial charge on any atom is 0.127 e. The zero-order valence-electron chi connectivity index (χ0n) is 9.49. The van der Waals surface area contributed by atoms with Crippen molar-refractivity contribution in [1.82, 2.24) is 0 Å². The molecule has 0 saturated carbocycles. The van der Waals surface area contributed by atoms with Gasteiger partial charge in [-0.05, 0) is 42.6 Å². The predicted octanol–water partition coefficient (Wildman–Crippen LogP) is 3.58. The number of aliphatic imine (C=N–C) groups is 2. The van der Waals surface area contributed by atoms with Crippen molar-refractivity contribution in [3.63, 3.8) is 0 Å². The molecule has 0 fully saturated rings. The Morgan fingerprint density at radius 2 is 2.19 bits per heavy atom. The first-order valence-electron chi connectivity index (χ1n) is 5.72. The molecule has 3 aliphatic rings. The highest BCUT2D eigenvalue weighted by Gasteiger charge is 2.39. The molecule has 3 rings (SSSR count). The van der Waals surface area contributed by atoms with Crippen LogP contribution < -0.4 is 0 Å². The average Bonchev–Trinajstić information content (AvgIpc) is 2.54. The van der Waals surface area contributed by atoms with Crippen molar-refractivity contribution in [2.75, 3.05) is 0 Å². The van der Waals surface area contributed by atoms with E-state index in [4.69, 9.17) is 12.2 Å². The third-order valence-electron chi connectivity index (χ3n) is 3.41. The van der Waals surface area contributed by atoms with Crippen LogP contribution in [0, 0.1) is 11.8 Å². The molecule has 0 amide bonds. The van der Waals surface area contributed by atoms with Crippen LogP contribution >= 0.6 is 24.0 Å². The number of hydrogen-bond donors (Lipinski definition) is 0. The summed E-state index contributed by atoms with van der Waals surface area (Å²) in [5.74, 6) is 1.88. The summed E-state index contributed by atoms with van der Waals surface area (Å²) >= 11 is 7.25. The number of allylic oxidation sites excluding steroid dienone is 1. The normalized spacial score (nSPS) is 33.2. The molecule has 0 bridgehead atoms. The van der Waals surface area contributed by atoms with Gasteiger partial charge in [0.1, 0.15) is 10.8 Å². The Kier molecular flexibility index (Phi) is 2.51. The van der Waals surface area contributed by atoms with E-state index in [-0.39, 0.29) is 5.92 Å². The molecule has 2 aliphatic heterocycles. The molecule has 0 radical (unpaired) electrons. The van der Waals surface area contributed by atoms with Gasteiger partial charge in [0, 0.05) is 0 Å². The van der Waals surface area contributed by atoms with Gasteiger partial charge in [-0.3, -0.25) is 0 Å². The minimum atomic E-state index is 0.256. The van der Waals surface area contributed by atoms with Gasteiger partial charge >= 0.3 is 0 Å². The van der Waals surface area contributed by atoms with Crippen molar-refractivity contribution in [2.24, 2.45) is 21.8 Å². The van der Waals surface area contributed by atoms with Crippen LogP contribution in [0.1, 0.15) is 33.1 Å². The van der Waals surface area contributed by atoms with Crippen LogP contribution in [-0.4, -0.2) is 15.9 Å². The van der Waals surface area contributed by atoms with Crippen LogP contribution in [0.15, 0.2) is 20.5 Å². The van der Waals surface area contributed by atoms with Crippen LogP contribution in [0.2, 0.25) is 0 Å². The van der Waals surface area contributed by atoms with E-state index in [1.54, 1.807) is 0 Å². The minimum Gasteiger partial charge on any atom is -0.230 e. The highest BCUT2D eigenvalue weighted by molar-refractivity contribution is 8.17. The predicted molar refractivity (Wildman–Crippen MR) is 74.3 cm³/mol. The number of hydrogen-bond acceptors (Lipinski definition) is 3. The Labute approximate surface area is 105 Å². The lowest BCUT2D eigenvalue weighted by Crippen LogP contribution is -2.23. The summed E-state index contributed by atoms with van der Waals surface area (Å²) in [5.41, 5.74) is 1.52. The Hall–Kier alpha value is -0.480. The summed E-state index contributed by atoms with van der Waals surface area (Å²) in [5, 5.41) is 1.18. The van der Waals surface area contributed by atoms with E-state index < -0.39 is 0 Å². The van der Waals surface area contributed by atoms with E-state index >= 15 is 0 Å². The van der Waals surface area contributed by atoms with E-state index in [1.807, 2.05) is 18.7 Å². The number of fused-ring (bicyclic) bond motifs is 2. The highest BCUT2D eigenvalue weighted by Crippen LogP contribution is 2.48. The largest absolute Gasteiger partial charge is 0.230 e. The number of amidine groups is 1. The maximum absolute atomic E-state index is 5.40. The second-order valence-electron chi connectivity index (χ2n) is 4.78. The topological polar surface area (TPSA) is 24.7 Å². The molecular weight excluding hydrogens is 236 g/mol. The molecule has 0 aromatic carbocycles. The molecular formula is C12H14N2S2. The lowest BCUT2D eigenvalue weighted by molar-refractivity contribution is 0.504. The SMILES string of the molecule is CC1=NC(=S)C2C(=N1)SC1=C2CCC(C)C1. The minimum absolute atomic E-state index is 0.256. The molecule has 4 heteroatoms. The van der Waals surface area contributed by atoms with E-state index in [0.29, 0.717) is 0 Å². The first-order chi connectivity index (χ1) is 7.65. The summed E-state index contributed by atoms with van der Waals surface area (Å²) in [4.78, 5) is 11.2. The molecule has 16 heavy (non-hydrogen) atoms. The molecule has 0 aromatic heterocycles. The number of rotatable bonds is 0. The zero-order valence-corrected chi connectivity index (χ0v) is 11.1. The first kappa shape index (κ1) is 10.7. The van der Waals surface area contributed by atoms with Crippen LogP contribution in [0.25, 0.3) is 0 Å². The summed E-state index contributed by atoms with van der Waals surface area (Å²) < 4.78 is 0. The summed E-state index contributed by atoms with van der Waals surface area (Å²) in [7, 11) is 0. The number of thioether (sulfide) groups is 1. The maximum atomic E-state index is 5.40. The molecule has 1 aliphatic carbocycles. The zero-order chi connectivity index (χ0) is 11.3. The lowest BCUT2D eigenvalue weighted by atomic mass is 9.85. The van der Waals surface area contributed by atoms with Gasteiger partial charge in [0.2, 0.25) is 0 Å². The van der Waals surface area contributed by atoms with Crippen LogP contribution in [-0.2, 0) is 0 Å². The van der Waals surface area contributed by atoms with Gasteiger partial charge in [-0.15, -0.1) is 0 Å². The van der Waals surface area contributed by atoms with E-state index in [0.717, 1.165) is 16.7 Å². The van der Waals surface area contributed by atoms with Crippen molar-refractivity contribution >= 4 is 39.8 Å². The Balaban J connectivity index is 1.99. The van der Waals surface area contributed by atoms with Crippen molar-refractivity contribution in [3.05, 3.63) is 10.5 Å². The molecule has 0 N–H and O–H groups in total. The Morgan fingerprint density at radius 3 is 3.00 bits per heavy atom. The van der Waals surface area contributed by atoms with E-state index in [9.17, 15) is 0 Å². The Morgan fingerprint density at radius 1 is 1.38 bits per heavy atom. The summed E-state index contributed by atoms with van der Waals surface area (Å²) in [6, 6.07) is 0. The van der Waals surface area contributed by atoms with Gasteiger partial charge in [0.25, 0.3) is 0 Å². The number of nitrogens with zero attached hydrogens (tertiary/aromatic N) is 2. The molecule has 84 valence electrons. The van der Waals surface area contributed by atoms with Crippen LogP contribution in [0.3, 0.4) is 0 Å². The molecule has 0 spiro atoms. The molecule has 0 aromatic rings. The van der Waals surface area contributed by atoms with Crippen LogP contribution in [0.5, 0.6) is 0 Å². The first-order valence-corrected chi connectivity index (χ1v) is 6.95. The van der Waals surface area contributed by atoms with Gasteiger partial charge in [-0.2, -0.15) is 0 Å². The average molecular weight is 250 g/mol. The highest BCUT2D eigenvalue weighted by atomic mass is 32.2. The quantitative estimate of drug-likeness (QED) is 0.614. The van der Waals surface area contributed by atoms with Gasteiger partial charge in [0.05, 0.1) is 11.0 Å². The second-order valence-corrected chi connectivity index (χ2v) is 6.31. The third-order valence-corrected chi connectivity index (χ3v) is 4.95. The fraction of sp³-hybridized carbons (Fsp3) is 0.583. The monoisotopic (exact) mass is 250 g/mol. The fourth-order valence-electron chi connectivity index (χ4n) is 2.59. The standard InChI is InChI=1S/C12H14N2S2/c1-6-3-4-8-9(5-6)16-12-10(8)11(15)13-7(2)14-12/h6,10H,3-5H2,1-2H3. The Bertz CT molecular complexity index is 460. The van der Waals surface area contributed by atoms with Crippen molar-refractivity contribution < 1.29 is 0 Å². The van der Waals surface area contributed by atoms with Gasteiger partial charge in [0.15, 0.2) is 0 Å². The molecule has 2 heterocycles. The molecule has 2 nitrogen and oxygen atoms in total. The van der Waals surface area contributed by atoms with Gasteiger partial charge < -0.3 is 0 Å². The lowest BCUT2D eigenvalue weighted by Gasteiger charge is -2.22. The summed E-state index contributed by atoms with van der Waals surface area (Å²) in [6.07, 6.45) is 3.67. The van der Waals surface area contributed by atoms with E-state index in [2.05, 4.69) is 16.9 Å². The summed E-state index contributed by atoms with van der Waals surface area (Å²) in [6.45, 7) is 4.25. The van der Waals surface area contributed by atoms with Crippen molar-refractivity contribution in [3.8, 4) is 0 Å². The van der Waals surface area contributed by atoms with Crippen molar-refractivity contribution in [1.29, 1.82) is 0 Å². The fourth-order valence-corrected chi connectivity index (χ4v) is 4.57. The van der Waals surface area contributed by atoms with E-state index in [1.165, 1.54) is 34.8 Å². The van der Waals surface area contributed by atoms with Gasteiger partial charge in [-0.25, -0.2) is 9.98 Å². The number of thiocarbonyl (C=S) groups is 1. The molecule has 0 saturated heterocycles.